The van der Waals surface area contributed by atoms with E-state index in [4.69, 9.17) is 5.53 Å². The van der Waals surface area contributed by atoms with Crippen LogP contribution in [0.25, 0.3) is 10.4 Å². The van der Waals surface area contributed by atoms with Crippen LogP contribution in [0.5, 0.6) is 0 Å². The predicted octanol–water partition coefficient (Wildman–Crippen LogP) is 0.417. The van der Waals surface area contributed by atoms with Gasteiger partial charge in [0.15, 0.2) is 0 Å². The zero-order chi connectivity index (χ0) is 6.69. The summed E-state index contributed by atoms with van der Waals surface area (Å²) in [5.74, 6) is 0. The van der Waals surface area contributed by atoms with Gasteiger partial charge in [0, 0.05) is 6.54 Å². The second-order valence-corrected chi connectivity index (χ2v) is 2.13. The maximum absolute atomic E-state index is 8.01. The van der Waals surface area contributed by atoms with Crippen LogP contribution in [0.4, 0.5) is 0 Å². The Kier molecular flexibility index (Phi) is 1.77. The van der Waals surface area contributed by atoms with Crippen molar-refractivity contribution in [1.82, 2.24) is 9.91 Å². The minimum absolute atomic E-state index is 0.754. The quantitative estimate of drug-likeness (QED) is 0.291. The Morgan fingerprint density at radius 3 is 2.78 bits per heavy atom. The number of hydrogen-bond acceptors (Lipinski definition) is 2. The van der Waals surface area contributed by atoms with E-state index in [0.29, 0.717) is 0 Å². The van der Waals surface area contributed by atoms with Gasteiger partial charge in [-0.2, -0.15) is 4.91 Å². The monoisotopic (exact) mass is 127 g/mol. The summed E-state index contributed by atoms with van der Waals surface area (Å²) in [6, 6.07) is 0. The molecule has 0 spiro atoms. The molecule has 50 valence electrons. The molecule has 1 heterocycles. The van der Waals surface area contributed by atoms with Crippen LogP contribution in [0.15, 0.2) is 5.22 Å². The normalized spacial score (nSPS) is 19.9. The van der Waals surface area contributed by atoms with Crippen molar-refractivity contribution in [2.45, 2.75) is 0 Å². The zero-order valence-electron chi connectivity index (χ0n) is 5.36. The third kappa shape index (κ3) is 1.48. The van der Waals surface area contributed by atoms with Gasteiger partial charge in [-0.3, -0.25) is 4.90 Å². The number of likely N-dealkylation sites (N-methyl/N-ethyl adjacent to an activating group) is 1. The Balaban J connectivity index is 2.38. The van der Waals surface area contributed by atoms with E-state index >= 15 is 0 Å². The van der Waals surface area contributed by atoms with E-state index in [9.17, 15) is 0 Å². The fourth-order valence-electron chi connectivity index (χ4n) is 0.836. The minimum atomic E-state index is 0.754. The Bertz CT molecular complexity index is 138. The molecule has 5 heteroatoms. The molecule has 0 aromatic heterocycles. The molecule has 1 saturated heterocycles. The van der Waals surface area contributed by atoms with Crippen molar-refractivity contribution < 1.29 is 0 Å². The molecule has 0 bridgehead atoms. The van der Waals surface area contributed by atoms with Crippen LogP contribution >= 0.6 is 0 Å². The van der Waals surface area contributed by atoms with Crippen molar-refractivity contribution in [2.24, 2.45) is 5.22 Å². The maximum atomic E-state index is 8.01. The molecule has 0 aromatic rings. The molecule has 0 amide bonds. The summed E-state index contributed by atoms with van der Waals surface area (Å²) in [5.41, 5.74) is 8.01. The third-order valence-electron chi connectivity index (χ3n) is 1.31. The van der Waals surface area contributed by atoms with E-state index in [2.05, 4.69) is 15.0 Å². The first kappa shape index (κ1) is 6.19. The van der Waals surface area contributed by atoms with Crippen molar-refractivity contribution >= 4 is 0 Å². The highest BCUT2D eigenvalue weighted by molar-refractivity contribution is 4.63. The highest BCUT2D eigenvalue weighted by atomic mass is 15.6. The fourth-order valence-corrected chi connectivity index (χ4v) is 0.836. The van der Waals surface area contributed by atoms with Crippen molar-refractivity contribution in [3.05, 3.63) is 10.4 Å². The lowest BCUT2D eigenvalue weighted by atomic mass is 10.7. The van der Waals surface area contributed by atoms with Crippen molar-refractivity contribution in [3.8, 4) is 0 Å². The van der Waals surface area contributed by atoms with E-state index in [-0.39, 0.29) is 0 Å². The minimum Gasteiger partial charge on any atom is -0.267 e. The predicted molar refractivity (Wildman–Crippen MR) is 33.3 cm³/mol. The standard InChI is InChI=1S/C4H9N5/c1-8-2-3-9(4-8)7-6-5/h2-4H2,1H3. The van der Waals surface area contributed by atoms with Crippen molar-refractivity contribution in [1.29, 1.82) is 0 Å². The van der Waals surface area contributed by atoms with Crippen LogP contribution in [0.3, 0.4) is 0 Å². The van der Waals surface area contributed by atoms with Gasteiger partial charge in [-0.1, -0.05) is 0 Å². The molecule has 0 N–H and O–H groups in total. The van der Waals surface area contributed by atoms with E-state index < -0.39 is 0 Å². The Morgan fingerprint density at radius 2 is 2.33 bits per heavy atom. The molecule has 0 saturated carbocycles. The molecule has 0 unspecified atom stereocenters. The van der Waals surface area contributed by atoms with Gasteiger partial charge in [-0.15, -0.1) is 5.53 Å². The molecule has 0 atom stereocenters. The molecular formula is C4H9N5. The molecule has 0 aromatic carbocycles. The summed E-state index contributed by atoms with van der Waals surface area (Å²) in [4.78, 5) is 4.77. The molecule has 0 aliphatic carbocycles. The second-order valence-electron chi connectivity index (χ2n) is 2.13. The molecule has 1 aliphatic rings. The van der Waals surface area contributed by atoms with Crippen LogP contribution in [-0.4, -0.2) is 36.7 Å². The first-order chi connectivity index (χ1) is 4.33. The summed E-state index contributed by atoms with van der Waals surface area (Å²) in [6.07, 6.45) is 0. The Morgan fingerprint density at radius 1 is 1.56 bits per heavy atom. The SMILES string of the molecule is CN1CCN(N=[N+]=[N-])C1. The lowest BCUT2D eigenvalue weighted by Gasteiger charge is -2.03. The highest BCUT2D eigenvalue weighted by Crippen LogP contribution is 2.00. The lowest BCUT2D eigenvalue weighted by Crippen LogP contribution is -2.17. The smallest absolute Gasteiger partial charge is 0.143 e. The van der Waals surface area contributed by atoms with Crippen LogP contribution in [0.2, 0.25) is 0 Å². The van der Waals surface area contributed by atoms with E-state index in [1.807, 2.05) is 7.05 Å². The lowest BCUT2D eigenvalue weighted by molar-refractivity contribution is 0.282. The summed E-state index contributed by atoms with van der Waals surface area (Å²) < 4.78 is 0. The van der Waals surface area contributed by atoms with Gasteiger partial charge in [-0.05, 0) is 12.3 Å². The molecule has 1 fully saturated rings. The number of azide groups is 1. The fraction of sp³-hybridized carbons (Fsp3) is 1.00. The average molecular weight is 127 g/mol. The Labute approximate surface area is 53.5 Å². The summed E-state index contributed by atoms with van der Waals surface area (Å²) >= 11 is 0. The molecule has 1 aliphatic heterocycles. The van der Waals surface area contributed by atoms with Crippen molar-refractivity contribution in [2.75, 3.05) is 26.8 Å². The van der Waals surface area contributed by atoms with E-state index in [1.165, 1.54) is 0 Å². The summed E-state index contributed by atoms with van der Waals surface area (Å²) in [5, 5.41) is 5.14. The highest BCUT2D eigenvalue weighted by Gasteiger charge is 2.16. The topological polar surface area (TPSA) is 55.2 Å². The van der Waals surface area contributed by atoms with Crippen LogP contribution in [0.1, 0.15) is 0 Å². The van der Waals surface area contributed by atoms with Gasteiger partial charge in [0.2, 0.25) is 0 Å². The van der Waals surface area contributed by atoms with Gasteiger partial charge in [0.1, 0.15) is 13.2 Å². The summed E-state index contributed by atoms with van der Waals surface area (Å²) in [6.45, 7) is 2.59. The molecule has 9 heavy (non-hydrogen) atoms. The maximum Gasteiger partial charge on any atom is 0.143 e. The number of hydrogen-bond donors (Lipinski definition) is 0. The molecule has 0 radical (unpaired) electrons. The third-order valence-corrected chi connectivity index (χ3v) is 1.31. The molecule has 1 rings (SSSR count). The first-order valence-electron chi connectivity index (χ1n) is 2.81. The number of rotatable bonds is 1. The van der Waals surface area contributed by atoms with Crippen molar-refractivity contribution in [3.63, 3.8) is 0 Å². The van der Waals surface area contributed by atoms with Gasteiger partial charge >= 0.3 is 0 Å². The first-order valence-corrected chi connectivity index (χ1v) is 2.81. The van der Waals surface area contributed by atoms with Crippen LogP contribution in [-0.2, 0) is 0 Å². The average Bonchev–Trinajstić information content (AvgIpc) is 2.17. The number of nitrogens with zero attached hydrogens (tertiary/aromatic N) is 5. The van der Waals surface area contributed by atoms with Gasteiger partial charge in [0.05, 0.1) is 0 Å². The van der Waals surface area contributed by atoms with Gasteiger partial charge < -0.3 is 0 Å². The molecule has 5 nitrogen and oxygen atoms in total. The largest absolute Gasteiger partial charge is 0.267 e. The van der Waals surface area contributed by atoms with Crippen LogP contribution < -0.4 is 0 Å². The van der Waals surface area contributed by atoms with E-state index in [0.717, 1.165) is 19.8 Å². The summed E-state index contributed by atoms with van der Waals surface area (Å²) in [7, 11) is 1.99. The van der Waals surface area contributed by atoms with Gasteiger partial charge in [0.25, 0.3) is 0 Å². The Hall–Kier alpha value is -0.930. The van der Waals surface area contributed by atoms with Crippen LogP contribution in [0, 0.1) is 0 Å². The molecular weight excluding hydrogens is 118 g/mol. The second kappa shape index (κ2) is 2.57. The zero-order valence-corrected chi connectivity index (χ0v) is 5.36. The van der Waals surface area contributed by atoms with E-state index in [1.54, 1.807) is 5.01 Å². The van der Waals surface area contributed by atoms with Gasteiger partial charge in [-0.25, -0.2) is 5.01 Å².